The number of hydrogen-bond donors (Lipinski definition) is 1. The normalized spacial score (nSPS) is 11.5. The average molecular weight is 286 g/mol. The minimum Gasteiger partial charge on any atom is -0.453 e. The number of benzene rings is 1. The predicted molar refractivity (Wildman–Crippen MR) is 86.6 cm³/mol. The van der Waals surface area contributed by atoms with Gasteiger partial charge in [0.2, 0.25) is 0 Å². The maximum Gasteiger partial charge on any atom is 0.142 e. The smallest absolute Gasteiger partial charge is 0.142 e. The first kappa shape index (κ1) is 13.3. The first-order chi connectivity index (χ1) is 9.79. The van der Waals surface area contributed by atoms with Crippen LogP contribution in [0.15, 0.2) is 42.3 Å². The molecule has 3 aromatic rings. The number of likely N-dealkylation sites (N-methyl/N-ethyl adjacent to an activating group) is 1. The molecular formula is C16H19N2OP. The van der Waals surface area contributed by atoms with Crippen LogP contribution in [0.5, 0.6) is 11.2 Å². The number of nitrogens with one attached hydrogen (secondary N) is 1. The summed E-state index contributed by atoms with van der Waals surface area (Å²) in [5.41, 5.74) is 3.60. The molecule has 1 N–H and O–H groups in total. The molecule has 20 heavy (non-hydrogen) atoms. The van der Waals surface area contributed by atoms with Gasteiger partial charge in [0, 0.05) is 18.6 Å². The molecule has 4 heteroatoms. The van der Waals surface area contributed by atoms with Crippen LogP contribution in [0.3, 0.4) is 0 Å². The highest BCUT2D eigenvalue weighted by molar-refractivity contribution is 7.31. The van der Waals surface area contributed by atoms with E-state index in [1.54, 1.807) is 0 Å². The largest absolute Gasteiger partial charge is 0.453 e. The quantitative estimate of drug-likeness (QED) is 0.773. The van der Waals surface area contributed by atoms with Gasteiger partial charge in [-0.2, -0.15) is 0 Å². The molecule has 0 amide bonds. The van der Waals surface area contributed by atoms with Crippen molar-refractivity contribution in [3.8, 4) is 11.2 Å². The number of ether oxygens (including phenoxy) is 1. The molecule has 1 aromatic carbocycles. The number of aromatic nitrogens is 1. The van der Waals surface area contributed by atoms with E-state index in [0.717, 1.165) is 24.2 Å². The molecule has 0 saturated carbocycles. The summed E-state index contributed by atoms with van der Waals surface area (Å²) in [6.45, 7) is 0.972. The molecular weight excluding hydrogens is 267 g/mol. The Labute approximate surface area is 120 Å². The van der Waals surface area contributed by atoms with Crippen molar-refractivity contribution in [2.45, 2.75) is 6.42 Å². The first-order valence-corrected chi connectivity index (χ1v) is 7.90. The monoisotopic (exact) mass is 286 g/mol. The maximum atomic E-state index is 6.10. The topological polar surface area (TPSA) is 26.2 Å². The Hall–Kier alpha value is -1.70. The van der Waals surface area contributed by atoms with Crippen molar-refractivity contribution in [2.24, 2.45) is 7.05 Å². The summed E-state index contributed by atoms with van der Waals surface area (Å²) in [4.78, 5) is 0. The fourth-order valence-electron chi connectivity index (χ4n) is 2.53. The fourth-order valence-corrected chi connectivity index (χ4v) is 3.25. The lowest BCUT2D eigenvalue weighted by molar-refractivity contribution is 0.502. The molecule has 0 bridgehead atoms. The molecule has 3 nitrogen and oxygen atoms in total. The molecule has 2 heterocycles. The van der Waals surface area contributed by atoms with Crippen LogP contribution in [0.2, 0.25) is 0 Å². The molecule has 0 aliphatic rings. The van der Waals surface area contributed by atoms with Gasteiger partial charge in [-0.05, 0) is 49.6 Å². The molecule has 2 aromatic heterocycles. The Kier molecular flexibility index (Phi) is 3.81. The SMILES string of the molecule is CNCCc1cn(C)c2cccc(Oc3ccc[pH]3)c12. The molecule has 104 valence electrons. The average Bonchev–Trinajstić information content (AvgIpc) is 3.06. The highest BCUT2D eigenvalue weighted by Crippen LogP contribution is 2.36. The Morgan fingerprint density at radius 1 is 1.25 bits per heavy atom. The number of aryl methyl sites for hydroxylation is 1. The van der Waals surface area contributed by atoms with Gasteiger partial charge in [0.05, 0.1) is 5.52 Å². The van der Waals surface area contributed by atoms with Crippen LogP contribution in [-0.2, 0) is 13.5 Å². The summed E-state index contributed by atoms with van der Waals surface area (Å²) in [7, 11) is 4.72. The molecule has 0 aliphatic carbocycles. The molecule has 3 rings (SSSR count). The summed E-state index contributed by atoms with van der Waals surface area (Å²) < 4.78 is 8.28. The third-order valence-corrected chi connectivity index (χ3v) is 4.40. The van der Waals surface area contributed by atoms with Gasteiger partial charge in [-0.3, -0.25) is 0 Å². The predicted octanol–water partition coefficient (Wildman–Crippen LogP) is 3.76. The van der Waals surface area contributed by atoms with Gasteiger partial charge in [-0.1, -0.05) is 20.3 Å². The molecule has 1 unspecified atom stereocenters. The van der Waals surface area contributed by atoms with Crippen molar-refractivity contribution in [1.29, 1.82) is 0 Å². The lowest BCUT2D eigenvalue weighted by atomic mass is 10.1. The zero-order chi connectivity index (χ0) is 13.9. The van der Waals surface area contributed by atoms with Gasteiger partial charge in [-0.25, -0.2) is 0 Å². The number of hydrogen-bond acceptors (Lipinski definition) is 2. The fraction of sp³-hybridized carbons (Fsp3) is 0.250. The summed E-state index contributed by atoms with van der Waals surface area (Å²) in [6, 6.07) is 10.4. The van der Waals surface area contributed by atoms with Crippen molar-refractivity contribution >= 4 is 19.1 Å². The standard InChI is InChI=1S/C16H19N2OP/c1-17-9-8-12-11-18(2)13-5-3-6-14(16(12)13)19-15-7-4-10-20-15/h3-7,10-11,17,20H,8-9H2,1-2H3. The van der Waals surface area contributed by atoms with Gasteiger partial charge >= 0.3 is 0 Å². The Balaban J connectivity index is 2.06. The van der Waals surface area contributed by atoms with Crippen LogP contribution in [0.4, 0.5) is 0 Å². The van der Waals surface area contributed by atoms with Crippen molar-refractivity contribution in [2.75, 3.05) is 13.6 Å². The van der Waals surface area contributed by atoms with Gasteiger partial charge in [0.25, 0.3) is 0 Å². The van der Waals surface area contributed by atoms with Crippen LogP contribution in [0.1, 0.15) is 5.56 Å². The lowest BCUT2D eigenvalue weighted by Crippen LogP contribution is -2.10. The van der Waals surface area contributed by atoms with E-state index in [1.807, 2.05) is 13.1 Å². The van der Waals surface area contributed by atoms with Crippen LogP contribution in [0.25, 0.3) is 10.9 Å². The second kappa shape index (κ2) is 5.74. The van der Waals surface area contributed by atoms with Crippen LogP contribution >= 0.6 is 8.19 Å². The third-order valence-electron chi connectivity index (χ3n) is 3.49. The highest BCUT2D eigenvalue weighted by Gasteiger charge is 2.12. The Morgan fingerprint density at radius 3 is 2.90 bits per heavy atom. The summed E-state index contributed by atoms with van der Waals surface area (Å²) in [6.07, 6.45) is 3.21. The summed E-state index contributed by atoms with van der Waals surface area (Å²) in [5.74, 6) is 3.11. The van der Waals surface area contributed by atoms with E-state index in [0.29, 0.717) is 8.19 Å². The summed E-state index contributed by atoms with van der Waals surface area (Å²) >= 11 is 0. The zero-order valence-electron chi connectivity index (χ0n) is 11.8. The number of rotatable bonds is 5. The van der Waals surface area contributed by atoms with Gasteiger partial charge < -0.3 is 14.6 Å². The minimum absolute atomic E-state index is 0.640. The van der Waals surface area contributed by atoms with Gasteiger partial charge in [0.15, 0.2) is 0 Å². The van der Waals surface area contributed by atoms with Crippen LogP contribution in [0, 0.1) is 0 Å². The van der Waals surface area contributed by atoms with Crippen molar-refractivity contribution < 1.29 is 4.74 Å². The molecule has 0 saturated heterocycles. The first-order valence-electron chi connectivity index (χ1n) is 6.82. The van der Waals surface area contributed by atoms with E-state index in [9.17, 15) is 0 Å². The van der Waals surface area contributed by atoms with E-state index in [4.69, 9.17) is 4.74 Å². The third kappa shape index (κ3) is 2.47. The molecule has 0 spiro atoms. The highest BCUT2D eigenvalue weighted by atomic mass is 31.0. The van der Waals surface area contributed by atoms with Crippen LogP contribution in [-0.4, -0.2) is 18.2 Å². The van der Waals surface area contributed by atoms with E-state index >= 15 is 0 Å². The lowest BCUT2D eigenvalue weighted by Gasteiger charge is -2.07. The van der Waals surface area contributed by atoms with E-state index in [-0.39, 0.29) is 0 Å². The molecule has 1 atom stereocenters. The van der Waals surface area contributed by atoms with Crippen LogP contribution < -0.4 is 10.1 Å². The van der Waals surface area contributed by atoms with Crippen molar-refractivity contribution in [3.05, 3.63) is 47.9 Å². The van der Waals surface area contributed by atoms with Gasteiger partial charge in [-0.15, -0.1) is 0 Å². The Morgan fingerprint density at radius 2 is 2.15 bits per heavy atom. The van der Waals surface area contributed by atoms with E-state index in [1.165, 1.54) is 16.5 Å². The Bertz CT molecular complexity index is 701. The second-order valence-corrected chi connectivity index (χ2v) is 6.02. The van der Waals surface area contributed by atoms with E-state index < -0.39 is 0 Å². The molecule has 0 radical (unpaired) electrons. The number of nitrogens with zero attached hydrogens (tertiary/aromatic N) is 1. The van der Waals surface area contributed by atoms with Gasteiger partial charge in [0.1, 0.15) is 11.2 Å². The maximum absolute atomic E-state index is 6.10. The molecule has 0 aliphatic heterocycles. The molecule has 0 fully saturated rings. The van der Waals surface area contributed by atoms with E-state index in [2.05, 4.69) is 53.2 Å². The zero-order valence-corrected chi connectivity index (χ0v) is 12.8. The second-order valence-electron chi connectivity index (χ2n) is 4.91. The number of fused-ring (bicyclic) bond motifs is 1. The van der Waals surface area contributed by atoms with Crippen molar-refractivity contribution in [1.82, 2.24) is 9.88 Å². The minimum atomic E-state index is 0.640. The van der Waals surface area contributed by atoms with Crippen molar-refractivity contribution in [3.63, 3.8) is 0 Å². The summed E-state index contributed by atoms with van der Waals surface area (Å²) in [5, 5.41) is 4.45.